The molecule has 2 unspecified atom stereocenters. The van der Waals surface area contributed by atoms with E-state index in [1.54, 1.807) is 0 Å². The van der Waals surface area contributed by atoms with Crippen LogP contribution in [0.15, 0.2) is 30.3 Å². The predicted octanol–water partition coefficient (Wildman–Crippen LogP) is 3.07. The van der Waals surface area contributed by atoms with Crippen molar-refractivity contribution in [3.63, 3.8) is 0 Å². The van der Waals surface area contributed by atoms with Crippen LogP contribution in [0.5, 0.6) is 0 Å². The van der Waals surface area contributed by atoms with Gasteiger partial charge in [-0.3, -0.25) is 4.90 Å². The first-order chi connectivity index (χ1) is 8.68. The Morgan fingerprint density at radius 2 is 1.89 bits per heavy atom. The Morgan fingerprint density at radius 3 is 2.56 bits per heavy atom. The van der Waals surface area contributed by atoms with E-state index in [0.717, 1.165) is 13.1 Å². The van der Waals surface area contributed by atoms with Crippen LogP contribution in [-0.2, 0) is 0 Å². The van der Waals surface area contributed by atoms with Gasteiger partial charge < -0.3 is 5.32 Å². The van der Waals surface area contributed by atoms with Gasteiger partial charge in [-0.25, -0.2) is 0 Å². The summed E-state index contributed by atoms with van der Waals surface area (Å²) in [5.41, 5.74) is 1.43. The molecule has 100 valence electrons. The molecule has 1 heterocycles. The molecule has 1 fully saturated rings. The number of benzene rings is 1. The van der Waals surface area contributed by atoms with E-state index in [4.69, 9.17) is 0 Å². The monoisotopic (exact) mass is 246 g/mol. The molecule has 0 bridgehead atoms. The van der Waals surface area contributed by atoms with Gasteiger partial charge in [0.2, 0.25) is 0 Å². The number of nitrogens with zero attached hydrogens (tertiary/aromatic N) is 1. The lowest BCUT2D eigenvalue weighted by Crippen LogP contribution is -2.42. The van der Waals surface area contributed by atoms with Crippen LogP contribution in [0.25, 0.3) is 0 Å². The van der Waals surface area contributed by atoms with E-state index in [1.807, 2.05) is 0 Å². The molecular weight excluding hydrogens is 220 g/mol. The van der Waals surface area contributed by atoms with E-state index in [0.29, 0.717) is 18.0 Å². The molecule has 0 saturated carbocycles. The maximum absolute atomic E-state index is 3.68. The average molecular weight is 246 g/mol. The lowest BCUT2D eigenvalue weighted by molar-refractivity contribution is 0.192. The quantitative estimate of drug-likeness (QED) is 0.882. The Morgan fingerprint density at radius 1 is 1.17 bits per heavy atom. The van der Waals surface area contributed by atoms with Gasteiger partial charge in [0, 0.05) is 25.2 Å². The van der Waals surface area contributed by atoms with Crippen molar-refractivity contribution >= 4 is 0 Å². The van der Waals surface area contributed by atoms with Crippen LogP contribution in [0.1, 0.15) is 38.8 Å². The van der Waals surface area contributed by atoms with E-state index < -0.39 is 0 Å². The summed E-state index contributed by atoms with van der Waals surface area (Å²) in [4.78, 5) is 2.62. The van der Waals surface area contributed by atoms with E-state index in [1.165, 1.54) is 18.5 Å². The van der Waals surface area contributed by atoms with Crippen molar-refractivity contribution in [1.82, 2.24) is 10.2 Å². The highest BCUT2D eigenvalue weighted by Crippen LogP contribution is 2.22. The molecule has 2 heteroatoms. The van der Waals surface area contributed by atoms with Crippen molar-refractivity contribution in [2.24, 2.45) is 5.92 Å². The molecule has 1 aliphatic heterocycles. The first kappa shape index (κ1) is 13.6. The van der Waals surface area contributed by atoms with Gasteiger partial charge >= 0.3 is 0 Å². The van der Waals surface area contributed by atoms with E-state index >= 15 is 0 Å². The third-order valence-corrected chi connectivity index (χ3v) is 4.09. The molecule has 2 rings (SSSR count). The smallest absolute Gasteiger partial charge is 0.0320 e. The van der Waals surface area contributed by atoms with E-state index in [9.17, 15) is 0 Å². The highest BCUT2D eigenvalue weighted by atomic mass is 15.2. The third kappa shape index (κ3) is 3.33. The zero-order valence-electron chi connectivity index (χ0n) is 11.9. The second-order valence-corrected chi connectivity index (χ2v) is 5.74. The zero-order chi connectivity index (χ0) is 13.0. The third-order valence-electron chi connectivity index (χ3n) is 4.09. The van der Waals surface area contributed by atoms with Crippen LogP contribution in [0.2, 0.25) is 0 Å². The van der Waals surface area contributed by atoms with E-state index in [-0.39, 0.29) is 0 Å². The standard InChI is InChI=1S/C16H26N2/c1-13(2)16-12-18(11-7-10-17-16)14(3)15-8-5-4-6-9-15/h4-6,8-9,13-14,16-17H,7,10-12H2,1-3H3. The van der Waals surface area contributed by atoms with Crippen molar-refractivity contribution in [2.75, 3.05) is 19.6 Å². The molecule has 1 aliphatic rings. The second-order valence-electron chi connectivity index (χ2n) is 5.74. The van der Waals surface area contributed by atoms with Gasteiger partial charge in [0.25, 0.3) is 0 Å². The molecule has 2 nitrogen and oxygen atoms in total. The first-order valence-electron chi connectivity index (χ1n) is 7.21. The molecular formula is C16H26N2. The molecule has 0 spiro atoms. The first-order valence-corrected chi connectivity index (χ1v) is 7.21. The summed E-state index contributed by atoms with van der Waals surface area (Å²) >= 11 is 0. The normalized spacial score (nSPS) is 23.9. The second kappa shape index (κ2) is 6.35. The SMILES string of the molecule is CC(C)C1CN(C(C)c2ccccc2)CCCN1. The fraction of sp³-hybridized carbons (Fsp3) is 0.625. The highest BCUT2D eigenvalue weighted by Gasteiger charge is 2.23. The molecule has 0 amide bonds. The fourth-order valence-corrected chi connectivity index (χ4v) is 2.72. The summed E-state index contributed by atoms with van der Waals surface area (Å²) in [7, 11) is 0. The van der Waals surface area contributed by atoms with E-state index in [2.05, 4.69) is 61.3 Å². The van der Waals surface area contributed by atoms with Crippen LogP contribution in [0.3, 0.4) is 0 Å². The van der Waals surface area contributed by atoms with Gasteiger partial charge in [-0.2, -0.15) is 0 Å². The van der Waals surface area contributed by atoms with Crippen LogP contribution < -0.4 is 5.32 Å². The number of hydrogen-bond acceptors (Lipinski definition) is 2. The molecule has 0 aliphatic carbocycles. The average Bonchev–Trinajstić information content (AvgIpc) is 2.65. The van der Waals surface area contributed by atoms with Gasteiger partial charge in [-0.15, -0.1) is 0 Å². The molecule has 18 heavy (non-hydrogen) atoms. The van der Waals surface area contributed by atoms with Gasteiger partial charge in [0.05, 0.1) is 0 Å². The Bertz CT molecular complexity index is 347. The van der Waals surface area contributed by atoms with Crippen molar-refractivity contribution in [2.45, 2.75) is 39.3 Å². The summed E-state index contributed by atoms with van der Waals surface area (Å²) in [5.74, 6) is 0.702. The van der Waals surface area contributed by atoms with Crippen LogP contribution in [0.4, 0.5) is 0 Å². The maximum Gasteiger partial charge on any atom is 0.0320 e. The van der Waals surface area contributed by atoms with Gasteiger partial charge in [0.1, 0.15) is 0 Å². The zero-order valence-corrected chi connectivity index (χ0v) is 11.9. The topological polar surface area (TPSA) is 15.3 Å². The van der Waals surface area contributed by atoms with Crippen molar-refractivity contribution in [3.05, 3.63) is 35.9 Å². The number of rotatable bonds is 3. The van der Waals surface area contributed by atoms with Crippen LogP contribution in [-0.4, -0.2) is 30.6 Å². The predicted molar refractivity (Wildman–Crippen MR) is 77.7 cm³/mol. The van der Waals surface area contributed by atoms with Crippen molar-refractivity contribution in [3.8, 4) is 0 Å². The Labute approximate surface area is 111 Å². The summed E-state index contributed by atoms with van der Waals surface area (Å²) in [6.45, 7) is 10.5. The van der Waals surface area contributed by atoms with Gasteiger partial charge in [-0.05, 0) is 31.4 Å². The Balaban J connectivity index is 2.06. The van der Waals surface area contributed by atoms with Gasteiger partial charge in [0.15, 0.2) is 0 Å². The highest BCUT2D eigenvalue weighted by molar-refractivity contribution is 5.18. The fourth-order valence-electron chi connectivity index (χ4n) is 2.72. The molecule has 0 radical (unpaired) electrons. The summed E-state index contributed by atoms with van der Waals surface area (Å²) < 4.78 is 0. The maximum atomic E-state index is 3.68. The number of nitrogens with one attached hydrogen (secondary N) is 1. The molecule has 1 N–H and O–H groups in total. The molecule has 0 aromatic heterocycles. The lowest BCUT2D eigenvalue weighted by atomic mass is 10.0. The minimum Gasteiger partial charge on any atom is -0.312 e. The summed E-state index contributed by atoms with van der Waals surface area (Å²) in [6.07, 6.45) is 1.25. The van der Waals surface area contributed by atoms with Crippen LogP contribution >= 0.6 is 0 Å². The summed E-state index contributed by atoms with van der Waals surface area (Å²) in [6, 6.07) is 12.0. The number of hydrogen-bond donors (Lipinski definition) is 1. The molecule has 1 aromatic rings. The molecule has 1 aromatic carbocycles. The van der Waals surface area contributed by atoms with Crippen LogP contribution in [0, 0.1) is 5.92 Å². The minimum absolute atomic E-state index is 0.521. The van der Waals surface area contributed by atoms with Crippen molar-refractivity contribution in [1.29, 1.82) is 0 Å². The molecule has 2 atom stereocenters. The Kier molecular flexibility index (Phi) is 4.79. The largest absolute Gasteiger partial charge is 0.312 e. The van der Waals surface area contributed by atoms with Gasteiger partial charge in [-0.1, -0.05) is 44.2 Å². The minimum atomic E-state index is 0.521. The Hall–Kier alpha value is -0.860. The lowest BCUT2D eigenvalue weighted by Gasteiger charge is -2.31. The van der Waals surface area contributed by atoms with Crippen molar-refractivity contribution < 1.29 is 0 Å². The summed E-state index contributed by atoms with van der Waals surface area (Å²) in [5, 5.41) is 3.68. The molecule has 1 saturated heterocycles.